The van der Waals surface area contributed by atoms with Crippen molar-refractivity contribution >= 4 is 31.8 Å². The van der Waals surface area contributed by atoms with E-state index in [1.165, 1.54) is 0 Å². The van der Waals surface area contributed by atoms with Crippen molar-refractivity contribution < 1.29 is 13.2 Å². The summed E-state index contributed by atoms with van der Waals surface area (Å²) in [5, 5.41) is -0.161. The van der Waals surface area contributed by atoms with Crippen LogP contribution in [-0.2, 0) is 19.0 Å². The van der Waals surface area contributed by atoms with Crippen molar-refractivity contribution in [2.75, 3.05) is 0 Å². The Hall–Kier alpha value is -2.16. The smallest absolute Gasteiger partial charge is 0.305 e. The number of H-pyrrole nitrogens is 2. The summed E-state index contributed by atoms with van der Waals surface area (Å²) in [7, 11) is 0. The molecule has 1 aliphatic rings. The molecule has 0 unspecified atom stereocenters. The minimum atomic E-state index is -4.59. The first-order valence-electron chi connectivity index (χ1n) is 7.97. The normalized spacial score (nSPS) is 18.0. The topological polar surface area (TPSA) is 78.6 Å². The maximum atomic E-state index is 13.9. The quantitative estimate of drug-likeness (QED) is 0.690. The molecule has 0 bridgehead atoms. The van der Waals surface area contributed by atoms with Gasteiger partial charge >= 0.3 is 11.9 Å². The molecule has 3 aromatic heterocycles. The predicted octanol–water partition coefficient (Wildman–Crippen LogP) is 3.36. The number of nitrogens with zero attached hydrogens (tertiary/aromatic N) is 1. The highest BCUT2D eigenvalue weighted by Gasteiger charge is 2.40. The van der Waals surface area contributed by atoms with E-state index in [1.54, 1.807) is 0 Å². The second-order valence-electron chi connectivity index (χ2n) is 6.32. The van der Waals surface area contributed by atoms with Crippen LogP contribution in [-0.4, -0.2) is 15.0 Å². The van der Waals surface area contributed by atoms with Gasteiger partial charge in [0.15, 0.2) is 0 Å². The fraction of sp³-hybridized carbons (Fsp3) is 0.438. The standard InChI is InChI=1S/C16H14F3N3O2S/c1-2-6-3-4-8-7(5-6)10(16(17,18)19)9-11-12(25-14(9)20-8)13(23)22-15(24)21-11/h6H,2-5H2,1H3,(H2,21,22,23,24)/t6-/m0/s1. The zero-order valence-corrected chi connectivity index (χ0v) is 14.0. The van der Waals surface area contributed by atoms with Crippen LogP contribution >= 0.6 is 11.3 Å². The number of rotatable bonds is 1. The predicted molar refractivity (Wildman–Crippen MR) is 89.2 cm³/mol. The molecule has 132 valence electrons. The number of aryl methyl sites for hydroxylation is 1. The van der Waals surface area contributed by atoms with Gasteiger partial charge in [0.2, 0.25) is 0 Å². The van der Waals surface area contributed by atoms with Crippen molar-refractivity contribution in [3.05, 3.63) is 37.7 Å². The number of hydrogen-bond acceptors (Lipinski definition) is 4. The monoisotopic (exact) mass is 369 g/mol. The molecular formula is C16H14F3N3O2S. The number of hydrogen-bond donors (Lipinski definition) is 2. The number of alkyl halides is 3. The second kappa shape index (κ2) is 5.42. The number of nitrogens with one attached hydrogen (secondary N) is 2. The third-order valence-corrected chi connectivity index (χ3v) is 5.92. The van der Waals surface area contributed by atoms with Crippen LogP contribution in [0.4, 0.5) is 13.2 Å². The lowest BCUT2D eigenvalue weighted by atomic mass is 9.82. The molecule has 25 heavy (non-hydrogen) atoms. The molecule has 0 saturated heterocycles. The molecule has 9 heteroatoms. The van der Waals surface area contributed by atoms with Crippen molar-refractivity contribution in [1.82, 2.24) is 15.0 Å². The summed E-state index contributed by atoms with van der Waals surface area (Å²) in [6, 6.07) is 0. The highest BCUT2D eigenvalue weighted by Crippen LogP contribution is 2.45. The zero-order valence-electron chi connectivity index (χ0n) is 13.2. The van der Waals surface area contributed by atoms with E-state index in [-0.39, 0.29) is 31.9 Å². The molecule has 0 saturated carbocycles. The maximum absolute atomic E-state index is 13.9. The number of thiophene rings is 1. The van der Waals surface area contributed by atoms with E-state index < -0.39 is 23.0 Å². The van der Waals surface area contributed by atoms with Gasteiger partial charge in [0, 0.05) is 11.1 Å². The summed E-state index contributed by atoms with van der Waals surface area (Å²) >= 11 is 0.882. The molecule has 3 heterocycles. The van der Waals surface area contributed by atoms with E-state index in [1.807, 2.05) is 6.92 Å². The van der Waals surface area contributed by atoms with Gasteiger partial charge in [-0.15, -0.1) is 11.3 Å². The van der Waals surface area contributed by atoms with Crippen molar-refractivity contribution in [2.24, 2.45) is 5.92 Å². The molecule has 0 fully saturated rings. The molecule has 2 N–H and O–H groups in total. The number of halogens is 3. The molecular weight excluding hydrogens is 355 g/mol. The molecule has 0 amide bonds. The molecule has 4 rings (SSSR count). The van der Waals surface area contributed by atoms with E-state index in [0.29, 0.717) is 18.5 Å². The maximum Gasteiger partial charge on any atom is 0.417 e. The largest absolute Gasteiger partial charge is 0.417 e. The van der Waals surface area contributed by atoms with E-state index in [4.69, 9.17) is 0 Å². The van der Waals surface area contributed by atoms with Crippen LogP contribution < -0.4 is 11.2 Å². The Bertz CT molecular complexity index is 1110. The summed E-state index contributed by atoms with van der Waals surface area (Å²) in [6.07, 6.45) is -2.17. The third kappa shape index (κ3) is 2.48. The van der Waals surface area contributed by atoms with E-state index in [0.717, 1.165) is 24.2 Å². The molecule has 5 nitrogen and oxygen atoms in total. The van der Waals surface area contributed by atoms with Gasteiger partial charge in [0.1, 0.15) is 9.53 Å². The van der Waals surface area contributed by atoms with Crippen LogP contribution in [0.25, 0.3) is 20.4 Å². The Labute approximate surface area is 142 Å². The van der Waals surface area contributed by atoms with Gasteiger partial charge in [0.25, 0.3) is 5.56 Å². The fourth-order valence-electron chi connectivity index (χ4n) is 3.62. The fourth-order valence-corrected chi connectivity index (χ4v) is 4.67. The summed E-state index contributed by atoms with van der Waals surface area (Å²) in [4.78, 5) is 32.5. The second-order valence-corrected chi connectivity index (χ2v) is 7.32. The minimum Gasteiger partial charge on any atom is -0.305 e. The van der Waals surface area contributed by atoms with Crippen LogP contribution in [0.1, 0.15) is 36.6 Å². The average Bonchev–Trinajstić information content (AvgIpc) is 2.89. The van der Waals surface area contributed by atoms with Crippen LogP contribution in [0.3, 0.4) is 0 Å². The van der Waals surface area contributed by atoms with Crippen LogP contribution in [0.15, 0.2) is 9.59 Å². The molecule has 0 aliphatic heterocycles. The highest BCUT2D eigenvalue weighted by atomic mass is 32.1. The first-order chi connectivity index (χ1) is 11.8. The van der Waals surface area contributed by atoms with Gasteiger partial charge < -0.3 is 4.98 Å². The molecule has 1 atom stereocenters. The summed E-state index contributed by atoms with van der Waals surface area (Å²) in [5.41, 5.74) is -1.68. The summed E-state index contributed by atoms with van der Waals surface area (Å²) < 4.78 is 41.9. The van der Waals surface area contributed by atoms with E-state index >= 15 is 0 Å². The third-order valence-electron chi connectivity index (χ3n) is 4.84. The molecule has 0 aromatic carbocycles. The zero-order chi connectivity index (χ0) is 17.9. The van der Waals surface area contributed by atoms with E-state index in [9.17, 15) is 22.8 Å². The average molecular weight is 369 g/mol. The van der Waals surface area contributed by atoms with E-state index in [2.05, 4.69) is 15.0 Å². The number of fused-ring (bicyclic) bond motifs is 4. The minimum absolute atomic E-state index is 0.0574. The van der Waals surface area contributed by atoms with Gasteiger partial charge in [-0.05, 0) is 30.7 Å². The summed E-state index contributed by atoms with van der Waals surface area (Å²) in [6.45, 7) is 1.96. The Balaban J connectivity index is 2.19. The lowest BCUT2D eigenvalue weighted by molar-refractivity contribution is -0.137. The molecule has 0 spiro atoms. The van der Waals surface area contributed by atoms with Crippen molar-refractivity contribution in [2.45, 2.75) is 38.8 Å². The lowest BCUT2D eigenvalue weighted by Gasteiger charge is -2.26. The van der Waals surface area contributed by atoms with Crippen LogP contribution in [0.5, 0.6) is 0 Å². The Kier molecular flexibility index (Phi) is 3.54. The van der Waals surface area contributed by atoms with Crippen LogP contribution in [0.2, 0.25) is 0 Å². The SMILES string of the molecule is CC[C@H]1CCc2nc3sc4c(=O)[nH]c(=O)[nH]c4c3c(C(F)(F)F)c2C1. The molecule has 1 aliphatic carbocycles. The first kappa shape index (κ1) is 16.3. The Morgan fingerprint density at radius 1 is 1.28 bits per heavy atom. The lowest BCUT2D eigenvalue weighted by Crippen LogP contribution is -2.22. The van der Waals surface area contributed by atoms with Crippen molar-refractivity contribution in [3.8, 4) is 0 Å². The van der Waals surface area contributed by atoms with Crippen LogP contribution in [0, 0.1) is 5.92 Å². The number of aromatic amines is 2. The Morgan fingerprint density at radius 2 is 2.04 bits per heavy atom. The number of pyridine rings is 1. The van der Waals surface area contributed by atoms with Gasteiger partial charge in [-0.25, -0.2) is 9.78 Å². The first-order valence-corrected chi connectivity index (χ1v) is 8.79. The van der Waals surface area contributed by atoms with Gasteiger partial charge in [0.05, 0.1) is 11.1 Å². The van der Waals surface area contributed by atoms with Crippen molar-refractivity contribution in [3.63, 3.8) is 0 Å². The van der Waals surface area contributed by atoms with Gasteiger partial charge in [-0.3, -0.25) is 9.78 Å². The van der Waals surface area contributed by atoms with Gasteiger partial charge in [-0.1, -0.05) is 13.3 Å². The summed E-state index contributed by atoms with van der Waals surface area (Å²) in [5.74, 6) is 0.181. The number of aromatic nitrogens is 3. The Morgan fingerprint density at radius 3 is 2.72 bits per heavy atom. The molecule has 3 aromatic rings. The van der Waals surface area contributed by atoms with Gasteiger partial charge in [-0.2, -0.15) is 13.2 Å². The molecule has 0 radical (unpaired) electrons. The highest BCUT2D eigenvalue weighted by molar-refractivity contribution is 7.25. The van der Waals surface area contributed by atoms with Crippen molar-refractivity contribution in [1.29, 1.82) is 0 Å².